The summed E-state index contributed by atoms with van der Waals surface area (Å²) in [5.41, 5.74) is 2.61. The molecule has 2 aliphatic rings. The Morgan fingerprint density at radius 2 is 1.77 bits per heavy atom. The first-order valence-electron chi connectivity index (χ1n) is 5.52. The minimum Gasteiger partial charge on any atom is -0.295 e. The molecule has 0 heterocycles. The molecule has 0 N–H and O–H groups in total. The quantitative estimate of drug-likeness (QED) is 0.602. The van der Waals surface area contributed by atoms with E-state index in [1.54, 1.807) is 0 Å². The molecule has 0 amide bonds. The number of hydrogen-bond donors (Lipinski definition) is 0. The molecular formula is C12H18O. The largest absolute Gasteiger partial charge is 0.295 e. The third kappa shape index (κ3) is 1.70. The zero-order valence-electron chi connectivity index (χ0n) is 8.44. The van der Waals surface area contributed by atoms with E-state index in [1.807, 2.05) is 0 Å². The van der Waals surface area contributed by atoms with Gasteiger partial charge in [0.2, 0.25) is 0 Å². The van der Waals surface area contributed by atoms with Gasteiger partial charge in [-0.3, -0.25) is 4.79 Å². The average molecular weight is 178 g/mol. The first-order valence-corrected chi connectivity index (χ1v) is 5.52. The standard InChI is InChI=1S/C12H18O/c1-9-7-8-11(13)12(9)10-5-3-2-4-6-10/h10H,2-8H2,1H3. The van der Waals surface area contributed by atoms with Gasteiger partial charge in [0.25, 0.3) is 0 Å². The number of rotatable bonds is 1. The highest BCUT2D eigenvalue weighted by Gasteiger charge is 2.28. The SMILES string of the molecule is CC1=C(C2CCCCC2)C(=O)CC1. The summed E-state index contributed by atoms with van der Waals surface area (Å²) in [5.74, 6) is 1.08. The van der Waals surface area contributed by atoms with Crippen LogP contribution in [0.4, 0.5) is 0 Å². The molecule has 1 nitrogen and oxygen atoms in total. The molecule has 0 aromatic heterocycles. The van der Waals surface area contributed by atoms with Crippen molar-refractivity contribution in [3.63, 3.8) is 0 Å². The number of Topliss-reactive ketones (excluding diaryl/α,β-unsaturated/α-hetero) is 1. The fourth-order valence-corrected chi connectivity index (χ4v) is 2.78. The van der Waals surface area contributed by atoms with E-state index in [-0.39, 0.29) is 0 Å². The van der Waals surface area contributed by atoms with Crippen LogP contribution in [0.1, 0.15) is 51.9 Å². The Balaban J connectivity index is 2.13. The predicted octanol–water partition coefficient (Wildman–Crippen LogP) is 3.25. The third-order valence-electron chi connectivity index (χ3n) is 3.50. The van der Waals surface area contributed by atoms with Gasteiger partial charge in [0.15, 0.2) is 5.78 Å². The predicted molar refractivity (Wildman–Crippen MR) is 53.5 cm³/mol. The smallest absolute Gasteiger partial charge is 0.159 e. The van der Waals surface area contributed by atoms with E-state index in [0.717, 1.165) is 12.8 Å². The molecule has 1 fully saturated rings. The number of ketones is 1. The van der Waals surface area contributed by atoms with Crippen molar-refractivity contribution < 1.29 is 4.79 Å². The summed E-state index contributed by atoms with van der Waals surface area (Å²) in [5, 5.41) is 0. The van der Waals surface area contributed by atoms with Crippen LogP contribution >= 0.6 is 0 Å². The Kier molecular flexibility index (Phi) is 2.52. The second kappa shape index (κ2) is 3.65. The summed E-state index contributed by atoms with van der Waals surface area (Å²) >= 11 is 0. The van der Waals surface area contributed by atoms with Crippen molar-refractivity contribution in [2.45, 2.75) is 51.9 Å². The molecule has 0 aromatic rings. The summed E-state index contributed by atoms with van der Waals surface area (Å²) in [7, 11) is 0. The molecule has 2 aliphatic carbocycles. The van der Waals surface area contributed by atoms with Crippen LogP contribution < -0.4 is 0 Å². The molecule has 0 aliphatic heterocycles. The first-order chi connectivity index (χ1) is 6.29. The molecule has 1 heteroatoms. The van der Waals surface area contributed by atoms with Gasteiger partial charge >= 0.3 is 0 Å². The van der Waals surface area contributed by atoms with Crippen LogP contribution in [0, 0.1) is 5.92 Å². The monoisotopic (exact) mass is 178 g/mol. The van der Waals surface area contributed by atoms with Crippen molar-refractivity contribution in [3.05, 3.63) is 11.1 Å². The molecule has 0 unspecified atom stereocenters. The van der Waals surface area contributed by atoms with Crippen molar-refractivity contribution in [1.29, 1.82) is 0 Å². The molecule has 2 rings (SSSR count). The van der Waals surface area contributed by atoms with Crippen LogP contribution in [-0.2, 0) is 4.79 Å². The Morgan fingerprint density at radius 1 is 1.08 bits per heavy atom. The lowest BCUT2D eigenvalue weighted by Gasteiger charge is -2.22. The molecule has 0 saturated heterocycles. The number of carbonyl (C=O) groups is 1. The third-order valence-corrected chi connectivity index (χ3v) is 3.50. The van der Waals surface area contributed by atoms with Gasteiger partial charge in [-0.2, -0.15) is 0 Å². The molecule has 72 valence electrons. The molecular weight excluding hydrogens is 160 g/mol. The Labute approximate surface area is 80.2 Å². The van der Waals surface area contributed by atoms with Crippen molar-refractivity contribution in [1.82, 2.24) is 0 Å². The van der Waals surface area contributed by atoms with E-state index in [4.69, 9.17) is 0 Å². The molecule has 0 bridgehead atoms. The Morgan fingerprint density at radius 3 is 2.31 bits per heavy atom. The highest BCUT2D eigenvalue weighted by atomic mass is 16.1. The summed E-state index contributed by atoms with van der Waals surface area (Å²) < 4.78 is 0. The lowest BCUT2D eigenvalue weighted by Crippen LogP contribution is -2.13. The van der Waals surface area contributed by atoms with E-state index in [1.165, 1.54) is 43.3 Å². The van der Waals surface area contributed by atoms with Gasteiger partial charge in [0.05, 0.1) is 0 Å². The van der Waals surface area contributed by atoms with Crippen LogP contribution in [-0.4, -0.2) is 5.78 Å². The van der Waals surface area contributed by atoms with Crippen LogP contribution in [0.3, 0.4) is 0 Å². The minimum atomic E-state index is 0.449. The number of hydrogen-bond acceptors (Lipinski definition) is 1. The van der Waals surface area contributed by atoms with Gasteiger partial charge in [-0.05, 0) is 37.7 Å². The minimum absolute atomic E-state index is 0.449. The van der Waals surface area contributed by atoms with Crippen molar-refractivity contribution in [2.24, 2.45) is 5.92 Å². The lowest BCUT2D eigenvalue weighted by atomic mass is 9.82. The molecule has 1 saturated carbocycles. The van der Waals surface area contributed by atoms with E-state index in [9.17, 15) is 4.79 Å². The zero-order chi connectivity index (χ0) is 9.26. The highest BCUT2D eigenvalue weighted by molar-refractivity contribution is 5.99. The Hall–Kier alpha value is -0.590. The maximum absolute atomic E-state index is 11.6. The normalized spacial score (nSPS) is 25.8. The first kappa shape index (κ1) is 8.98. The average Bonchev–Trinajstić information content (AvgIpc) is 2.48. The van der Waals surface area contributed by atoms with Crippen LogP contribution in [0.5, 0.6) is 0 Å². The summed E-state index contributed by atoms with van der Waals surface area (Å²) in [6.45, 7) is 2.15. The fourth-order valence-electron chi connectivity index (χ4n) is 2.78. The van der Waals surface area contributed by atoms with E-state index >= 15 is 0 Å². The molecule has 0 aromatic carbocycles. The topological polar surface area (TPSA) is 17.1 Å². The van der Waals surface area contributed by atoms with Crippen molar-refractivity contribution in [2.75, 3.05) is 0 Å². The molecule has 13 heavy (non-hydrogen) atoms. The van der Waals surface area contributed by atoms with Gasteiger partial charge in [0, 0.05) is 6.42 Å². The highest BCUT2D eigenvalue weighted by Crippen LogP contribution is 2.36. The summed E-state index contributed by atoms with van der Waals surface area (Å²) in [6, 6.07) is 0. The summed E-state index contributed by atoms with van der Waals surface area (Å²) in [4.78, 5) is 11.6. The van der Waals surface area contributed by atoms with Gasteiger partial charge in [-0.25, -0.2) is 0 Å². The van der Waals surface area contributed by atoms with Crippen molar-refractivity contribution in [3.8, 4) is 0 Å². The maximum Gasteiger partial charge on any atom is 0.159 e. The molecule has 0 spiro atoms. The van der Waals surface area contributed by atoms with Gasteiger partial charge in [-0.1, -0.05) is 24.8 Å². The second-order valence-electron chi connectivity index (χ2n) is 4.45. The van der Waals surface area contributed by atoms with E-state index in [0.29, 0.717) is 11.7 Å². The van der Waals surface area contributed by atoms with Gasteiger partial charge < -0.3 is 0 Å². The number of allylic oxidation sites excluding steroid dienone is 2. The zero-order valence-corrected chi connectivity index (χ0v) is 8.44. The Bertz CT molecular complexity index is 244. The van der Waals surface area contributed by atoms with Crippen LogP contribution in [0.25, 0.3) is 0 Å². The second-order valence-corrected chi connectivity index (χ2v) is 4.45. The lowest BCUT2D eigenvalue weighted by molar-refractivity contribution is -0.115. The molecule has 0 atom stereocenters. The number of carbonyl (C=O) groups excluding carboxylic acids is 1. The van der Waals surface area contributed by atoms with Crippen molar-refractivity contribution >= 4 is 5.78 Å². The van der Waals surface area contributed by atoms with E-state index in [2.05, 4.69) is 6.92 Å². The fraction of sp³-hybridized carbons (Fsp3) is 0.750. The maximum atomic E-state index is 11.6. The van der Waals surface area contributed by atoms with Crippen LogP contribution in [0.2, 0.25) is 0 Å². The summed E-state index contributed by atoms with van der Waals surface area (Å²) in [6.07, 6.45) is 8.37. The molecule has 0 radical (unpaired) electrons. The van der Waals surface area contributed by atoms with E-state index < -0.39 is 0 Å². The van der Waals surface area contributed by atoms with Crippen LogP contribution in [0.15, 0.2) is 11.1 Å². The van der Waals surface area contributed by atoms with Gasteiger partial charge in [0.1, 0.15) is 0 Å². The van der Waals surface area contributed by atoms with Gasteiger partial charge in [-0.15, -0.1) is 0 Å².